The minimum atomic E-state index is 0.769. The molecule has 0 aromatic rings. The molecule has 0 radical (unpaired) electrons. The van der Waals surface area contributed by atoms with E-state index in [2.05, 4.69) is 10.2 Å². The molecule has 3 nitrogen and oxygen atoms in total. The Balaban J connectivity index is 1.86. The van der Waals surface area contributed by atoms with Gasteiger partial charge in [-0.15, -0.1) is 0 Å². The van der Waals surface area contributed by atoms with E-state index in [0.29, 0.717) is 0 Å². The van der Waals surface area contributed by atoms with Crippen molar-refractivity contribution in [2.24, 2.45) is 0 Å². The van der Waals surface area contributed by atoms with Gasteiger partial charge in [0.2, 0.25) is 0 Å². The van der Waals surface area contributed by atoms with E-state index >= 15 is 0 Å². The molecule has 2 fully saturated rings. The summed E-state index contributed by atoms with van der Waals surface area (Å²) in [6.45, 7) is 4.35. The second-order valence-electron chi connectivity index (χ2n) is 4.09. The molecule has 1 saturated heterocycles. The molecule has 1 aliphatic carbocycles. The van der Waals surface area contributed by atoms with Crippen LogP contribution in [0.25, 0.3) is 0 Å². The lowest BCUT2D eigenvalue weighted by Gasteiger charge is -2.38. The standard InChI is InChI=1S/C10H20N2O/c1-13-8-7-12-6-5-11-9-3-2-4-10(9)12/h9-11H,2-8H2,1H3/t9-,10-/m0/s1. The maximum Gasteiger partial charge on any atom is 0.0589 e. The van der Waals surface area contributed by atoms with Crippen molar-refractivity contribution >= 4 is 0 Å². The van der Waals surface area contributed by atoms with Crippen LogP contribution in [0.3, 0.4) is 0 Å². The highest BCUT2D eigenvalue weighted by atomic mass is 16.5. The van der Waals surface area contributed by atoms with E-state index in [1.54, 1.807) is 7.11 Å². The van der Waals surface area contributed by atoms with Crippen molar-refractivity contribution < 1.29 is 4.74 Å². The minimum absolute atomic E-state index is 0.769. The summed E-state index contributed by atoms with van der Waals surface area (Å²) in [5, 5.41) is 3.60. The lowest BCUT2D eigenvalue weighted by molar-refractivity contribution is 0.0910. The molecule has 2 rings (SSSR count). The van der Waals surface area contributed by atoms with Crippen LogP contribution in [0.2, 0.25) is 0 Å². The first-order valence-electron chi connectivity index (χ1n) is 5.38. The Hall–Kier alpha value is -0.120. The summed E-state index contributed by atoms with van der Waals surface area (Å²) in [6.07, 6.45) is 4.14. The quantitative estimate of drug-likeness (QED) is 0.689. The van der Waals surface area contributed by atoms with Gasteiger partial charge in [-0.25, -0.2) is 0 Å². The molecule has 0 amide bonds. The molecular weight excluding hydrogens is 164 g/mol. The Labute approximate surface area is 80.4 Å². The second-order valence-corrected chi connectivity index (χ2v) is 4.09. The fourth-order valence-electron chi connectivity index (χ4n) is 2.66. The average molecular weight is 184 g/mol. The molecule has 0 aromatic carbocycles. The maximum atomic E-state index is 5.13. The van der Waals surface area contributed by atoms with Crippen LogP contribution in [0.15, 0.2) is 0 Å². The van der Waals surface area contributed by atoms with Gasteiger partial charge in [0.15, 0.2) is 0 Å². The van der Waals surface area contributed by atoms with E-state index < -0.39 is 0 Å². The third-order valence-electron chi connectivity index (χ3n) is 3.34. The third-order valence-corrected chi connectivity index (χ3v) is 3.34. The predicted molar refractivity (Wildman–Crippen MR) is 52.9 cm³/mol. The van der Waals surface area contributed by atoms with Crippen molar-refractivity contribution in [1.82, 2.24) is 10.2 Å². The van der Waals surface area contributed by atoms with Crippen LogP contribution in [-0.2, 0) is 4.74 Å². The van der Waals surface area contributed by atoms with Crippen LogP contribution in [0.5, 0.6) is 0 Å². The second kappa shape index (κ2) is 4.40. The summed E-state index contributed by atoms with van der Waals surface area (Å²) >= 11 is 0. The molecule has 0 spiro atoms. The number of fused-ring (bicyclic) bond motifs is 1. The number of ether oxygens (including phenoxy) is 1. The van der Waals surface area contributed by atoms with Crippen molar-refractivity contribution in [2.75, 3.05) is 33.4 Å². The van der Waals surface area contributed by atoms with Crippen LogP contribution < -0.4 is 5.32 Å². The fourth-order valence-corrected chi connectivity index (χ4v) is 2.66. The van der Waals surface area contributed by atoms with Gasteiger partial charge < -0.3 is 10.1 Å². The summed E-state index contributed by atoms with van der Waals surface area (Å²) in [7, 11) is 1.79. The first kappa shape index (κ1) is 9.44. The number of nitrogens with one attached hydrogen (secondary N) is 1. The average Bonchev–Trinajstić information content (AvgIpc) is 2.62. The zero-order valence-electron chi connectivity index (χ0n) is 8.46. The van der Waals surface area contributed by atoms with Crippen LogP contribution >= 0.6 is 0 Å². The van der Waals surface area contributed by atoms with Crippen molar-refractivity contribution in [2.45, 2.75) is 31.3 Å². The zero-order valence-corrected chi connectivity index (χ0v) is 8.46. The topological polar surface area (TPSA) is 24.5 Å². The smallest absolute Gasteiger partial charge is 0.0589 e. The molecule has 0 unspecified atom stereocenters. The van der Waals surface area contributed by atoms with E-state index in [1.807, 2.05) is 0 Å². The normalized spacial score (nSPS) is 34.8. The summed E-state index contributed by atoms with van der Waals surface area (Å²) in [6, 6.07) is 1.56. The first-order valence-corrected chi connectivity index (χ1v) is 5.38. The van der Waals surface area contributed by atoms with Gasteiger partial charge in [-0.1, -0.05) is 6.42 Å². The van der Waals surface area contributed by atoms with Crippen LogP contribution in [0.1, 0.15) is 19.3 Å². The first-order chi connectivity index (χ1) is 6.42. The van der Waals surface area contributed by atoms with Gasteiger partial charge >= 0.3 is 0 Å². The van der Waals surface area contributed by atoms with Gasteiger partial charge in [-0.05, 0) is 12.8 Å². The monoisotopic (exact) mass is 184 g/mol. The number of hydrogen-bond acceptors (Lipinski definition) is 3. The third kappa shape index (κ3) is 2.03. The van der Waals surface area contributed by atoms with Gasteiger partial charge in [-0.3, -0.25) is 4.90 Å². The molecule has 1 N–H and O–H groups in total. The Morgan fingerprint density at radius 3 is 3.23 bits per heavy atom. The molecule has 1 aliphatic heterocycles. The predicted octanol–water partition coefficient (Wildman–Crippen LogP) is 0.459. The maximum absolute atomic E-state index is 5.13. The fraction of sp³-hybridized carbons (Fsp3) is 1.00. The highest BCUT2D eigenvalue weighted by molar-refractivity contribution is 4.93. The Bertz CT molecular complexity index is 163. The van der Waals surface area contributed by atoms with E-state index in [0.717, 1.165) is 31.8 Å². The molecule has 2 aliphatic rings. The van der Waals surface area contributed by atoms with E-state index in [-0.39, 0.29) is 0 Å². The van der Waals surface area contributed by atoms with Crippen molar-refractivity contribution in [3.63, 3.8) is 0 Å². The minimum Gasteiger partial charge on any atom is -0.383 e. The highest BCUT2D eigenvalue weighted by Gasteiger charge is 2.34. The summed E-state index contributed by atoms with van der Waals surface area (Å²) in [4.78, 5) is 2.59. The van der Waals surface area contributed by atoms with Crippen LogP contribution in [0, 0.1) is 0 Å². The van der Waals surface area contributed by atoms with Gasteiger partial charge in [0.1, 0.15) is 0 Å². The number of piperazine rings is 1. The van der Waals surface area contributed by atoms with Gasteiger partial charge in [0.05, 0.1) is 6.61 Å². The molecule has 2 atom stereocenters. The number of nitrogens with zero attached hydrogens (tertiary/aromatic N) is 1. The molecule has 1 saturated carbocycles. The van der Waals surface area contributed by atoms with E-state index in [4.69, 9.17) is 4.74 Å². The molecule has 13 heavy (non-hydrogen) atoms. The van der Waals surface area contributed by atoms with Crippen LogP contribution in [-0.4, -0.2) is 50.3 Å². The Kier molecular flexibility index (Phi) is 3.19. The van der Waals surface area contributed by atoms with E-state index in [9.17, 15) is 0 Å². The van der Waals surface area contributed by atoms with Crippen molar-refractivity contribution in [3.8, 4) is 0 Å². The van der Waals surface area contributed by atoms with Gasteiger partial charge in [-0.2, -0.15) is 0 Å². The highest BCUT2D eigenvalue weighted by Crippen LogP contribution is 2.25. The summed E-state index contributed by atoms with van der Waals surface area (Å²) < 4.78 is 5.13. The zero-order chi connectivity index (χ0) is 9.10. The van der Waals surface area contributed by atoms with Gasteiger partial charge in [0, 0.05) is 38.8 Å². The molecule has 1 heterocycles. The van der Waals surface area contributed by atoms with Crippen LogP contribution in [0.4, 0.5) is 0 Å². The Morgan fingerprint density at radius 2 is 2.38 bits per heavy atom. The summed E-state index contributed by atoms with van der Waals surface area (Å²) in [5.74, 6) is 0. The number of methoxy groups -OCH3 is 1. The molecule has 76 valence electrons. The molecule has 3 heteroatoms. The molecule has 0 aromatic heterocycles. The van der Waals surface area contributed by atoms with Crippen molar-refractivity contribution in [1.29, 1.82) is 0 Å². The number of rotatable bonds is 3. The molecule has 0 bridgehead atoms. The lowest BCUT2D eigenvalue weighted by atomic mass is 10.1. The largest absolute Gasteiger partial charge is 0.383 e. The number of hydrogen-bond donors (Lipinski definition) is 1. The van der Waals surface area contributed by atoms with Crippen molar-refractivity contribution in [3.05, 3.63) is 0 Å². The molecular formula is C10H20N2O. The summed E-state index contributed by atoms with van der Waals surface area (Å²) in [5.41, 5.74) is 0. The Morgan fingerprint density at radius 1 is 1.46 bits per heavy atom. The lowest BCUT2D eigenvalue weighted by Crippen LogP contribution is -2.55. The van der Waals surface area contributed by atoms with Gasteiger partial charge in [0.25, 0.3) is 0 Å². The van der Waals surface area contributed by atoms with E-state index in [1.165, 1.54) is 25.8 Å². The SMILES string of the molecule is COCCN1CCN[C@H]2CCC[C@@H]21.